The van der Waals surface area contributed by atoms with E-state index in [1.807, 2.05) is 0 Å². The van der Waals surface area contributed by atoms with E-state index in [-0.39, 0.29) is 12.6 Å². The van der Waals surface area contributed by atoms with Gasteiger partial charge in [0.1, 0.15) is 0 Å². The van der Waals surface area contributed by atoms with E-state index in [1.165, 1.54) is 4.31 Å². The van der Waals surface area contributed by atoms with Gasteiger partial charge in [0.25, 0.3) is 10.2 Å². The van der Waals surface area contributed by atoms with Gasteiger partial charge in [0.15, 0.2) is 0 Å². The van der Waals surface area contributed by atoms with Gasteiger partial charge in [-0.3, -0.25) is 0 Å². The van der Waals surface area contributed by atoms with Crippen LogP contribution >= 0.6 is 0 Å². The quantitative estimate of drug-likeness (QED) is 0.780. The predicted octanol–water partition coefficient (Wildman–Crippen LogP) is -0.0233. The first kappa shape index (κ1) is 17.1. The van der Waals surface area contributed by atoms with Crippen molar-refractivity contribution in [2.24, 2.45) is 5.92 Å². The molecule has 0 unspecified atom stereocenters. The van der Waals surface area contributed by atoms with Gasteiger partial charge in [-0.25, -0.2) is 13.1 Å². The lowest BCUT2D eigenvalue weighted by atomic mass is 10.0. The third-order valence-electron chi connectivity index (χ3n) is 4.04. The minimum atomic E-state index is -3.47. The smallest absolute Gasteiger partial charge is 0.213 e. The zero-order valence-corrected chi connectivity index (χ0v) is 14.3. The number of sulfonamides is 1. The second-order valence-corrected chi connectivity index (χ2v) is 9.91. The molecule has 2 atom stereocenters. The monoisotopic (exact) mass is 339 g/mol. The van der Waals surface area contributed by atoms with Crippen LogP contribution < -0.4 is 4.72 Å². The van der Waals surface area contributed by atoms with Crippen LogP contribution in [0.4, 0.5) is 0 Å². The Morgan fingerprint density at radius 3 is 2.10 bits per heavy atom. The molecule has 0 aromatic heterocycles. The Bertz CT molecular complexity index is 561. The van der Waals surface area contributed by atoms with Crippen LogP contribution in [-0.4, -0.2) is 63.9 Å². The first-order chi connectivity index (χ1) is 9.68. The van der Waals surface area contributed by atoms with E-state index in [9.17, 15) is 16.8 Å². The third-order valence-corrected chi connectivity index (χ3v) is 6.77. The fourth-order valence-electron chi connectivity index (χ4n) is 3.07. The number of hydrogen-bond donors (Lipinski definition) is 1. The van der Waals surface area contributed by atoms with Crippen LogP contribution in [-0.2, 0) is 20.2 Å². The maximum atomic E-state index is 12.7. The van der Waals surface area contributed by atoms with Crippen LogP contribution in [0.25, 0.3) is 0 Å². The van der Waals surface area contributed by atoms with Crippen LogP contribution in [0, 0.1) is 5.92 Å². The summed E-state index contributed by atoms with van der Waals surface area (Å²) < 4.78 is 53.5. The molecule has 0 radical (unpaired) electrons. The van der Waals surface area contributed by atoms with E-state index in [0.29, 0.717) is 38.4 Å². The molecule has 7 nitrogen and oxygen atoms in total. The van der Waals surface area contributed by atoms with Crippen molar-refractivity contribution >= 4 is 20.2 Å². The van der Waals surface area contributed by atoms with E-state index in [4.69, 9.17) is 0 Å². The minimum Gasteiger partial charge on any atom is -0.213 e. The van der Waals surface area contributed by atoms with Crippen LogP contribution in [0.3, 0.4) is 0 Å². The Labute approximate surface area is 127 Å². The first-order valence-electron chi connectivity index (χ1n) is 7.41. The zero-order valence-electron chi connectivity index (χ0n) is 12.7. The van der Waals surface area contributed by atoms with Crippen LogP contribution in [0.15, 0.2) is 0 Å². The molecule has 0 aromatic carbocycles. The molecule has 21 heavy (non-hydrogen) atoms. The SMILES string of the molecule is C[C@@H]1CCCN(S(=O)(=O)N2CCC[C@H](NS(C)(=O)=O)C2)C1. The Hall–Kier alpha value is -0.220. The molecule has 2 aliphatic heterocycles. The van der Waals surface area contributed by atoms with E-state index >= 15 is 0 Å². The highest BCUT2D eigenvalue weighted by molar-refractivity contribution is 7.88. The molecule has 0 aliphatic carbocycles. The van der Waals surface area contributed by atoms with Gasteiger partial charge in [0.05, 0.1) is 6.26 Å². The summed E-state index contributed by atoms with van der Waals surface area (Å²) in [6.07, 6.45) is 4.40. The molecule has 2 heterocycles. The van der Waals surface area contributed by atoms with Crippen molar-refractivity contribution in [1.29, 1.82) is 0 Å². The second-order valence-electron chi connectivity index (χ2n) is 6.20. The van der Waals surface area contributed by atoms with Gasteiger partial charge in [-0.15, -0.1) is 0 Å². The maximum Gasteiger partial charge on any atom is 0.282 e. The lowest BCUT2D eigenvalue weighted by molar-refractivity contribution is 0.237. The van der Waals surface area contributed by atoms with Crippen molar-refractivity contribution in [2.45, 2.75) is 38.6 Å². The molecule has 124 valence electrons. The zero-order chi connectivity index (χ0) is 15.7. The van der Waals surface area contributed by atoms with Crippen LogP contribution in [0.5, 0.6) is 0 Å². The Balaban J connectivity index is 2.05. The largest absolute Gasteiger partial charge is 0.282 e. The highest BCUT2D eigenvalue weighted by Gasteiger charge is 2.35. The molecule has 0 amide bonds. The Kier molecular flexibility index (Phi) is 5.30. The summed E-state index contributed by atoms with van der Waals surface area (Å²) in [4.78, 5) is 0. The average molecular weight is 339 g/mol. The fourth-order valence-corrected chi connectivity index (χ4v) is 5.73. The van der Waals surface area contributed by atoms with Crippen molar-refractivity contribution in [3.05, 3.63) is 0 Å². The van der Waals surface area contributed by atoms with Crippen molar-refractivity contribution in [3.63, 3.8) is 0 Å². The fraction of sp³-hybridized carbons (Fsp3) is 1.00. The molecule has 2 saturated heterocycles. The highest BCUT2D eigenvalue weighted by Crippen LogP contribution is 2.23. The van der Waals surface area contributed by atoms with Crippen molar-refractivity contribution < 1.29 is 16.8 Å². The minimum absolute atomic E-state index is 0.223. The topological polar surface area (TPSA) is 86.8 Å². The summed E-state index contributed by atoms with van der Waals surface area (Å²) in [5, 5.41) is 0. The second kappa shape index (κ2) is 6.49. The summed E-state index contributed by atoms with van der Waals surface area (Å²) in [5.74, 6) is 0.378. The molecule has 1 N–H and O–H groups in total. The number of rotatable bonds is 4. The molecule has 0 aromatic rings. The molecule has 2 aliphatic rings. The number of hydrogen-bond acceptors (Lipinski definition) is 4. The van der Waals surface area contributed by atoms with E-state index < -0.39 is 20.2 Å². The summed E-state index contributed by atoms with van der Waals surface area (Å²) in [6.45, 7) is 3.87. The third kappa shape index (κ3) is 4.62. The van der Waals surface area contributed by atoms with Crippen LogP contribution in [0.1, 0.15) is 32.6 Å². The molecule has 0 bridgehead atoms. The first-order valence-corrected chi connectivity index (χ1v) is 10.7. The van der Waals surface area contributed by atoms with E-state index in [1.54, 1.807) is 4.31 Å². The molecule has 0 spiro atoms. The van der Waals surface area contributed by atoms with E-state index in [0.717, 1.165) is 19.1 Å². The highest BCUT2D eigenvalue weighted by atomic mass is 32.2. The van der Waals surface area contributed by atoms with Gasteiger partial charge < -0.3 is 0 Å². The van der Waals surface area contributed by atoms with Gasteiger partial charge >= 0.3 is 0 Å². The molecule has 2 rings (SSSR count). The Morgan fingerprint density at radius 1 is 0.952 bits per heavy atom. The van der Waals surface area contributed by atoms with Gasteiger partial charge in [-0.1, -0.05) is 6.92 Å². The number of nitrogens with zero attached hydrogens (tertiary/aromatic N) is 2. The molecule has 2 fully saturated rings. The lowest BCUT2D eigenvalue weighted by Crippen LogP contribution is -2.54. The normalized spacial score (nSPS) is 30.4. The summed E-state index contributed by atoms with van der Waals surface area (Å²) >= 11 is 0. The summed E-state index contributed by atoms with van der Waals surface area (Å²) in [5.41, 5.74) is 0. The van der Waals surface area contributed by atoms with Crippen molar-refractivity contribution in [2.75, 3.05) is 32.4 Å². The summed E-state index contributed by atoms with van der Waals surface area (Å²) in [6, 6.07) is -0.328. The molecule has 0 saturated carbocycles. The lowest BCUT2D eigenvalue weighted by Gasteiger charge is -2.38. The Morgan fingerprint density at radius 2 is 1.52 bits per heavy atom. The van der Waals surface area contributed by atoms with Gasteiger partial charge in [-0.2, -0.15) is 17.0 Å². The summed E-state index contributed by atoms with van der Waals surface area (Å²) in [7, 11) is -6.79. The van der Waals surface area contributed by atoms with Crippen molar-refractivity contribution in [3.8, 4) is 0 Å². The predicted molar refractivity (Wildman–Crippen MR) is 81.5 cm³/mol. The standard InChI is InChI=1S/C12H25N3O4S2/c1-11-5-3-7-14(9-11)21(18,19)15-8-4-6-12(10-15)13-20(2,16)17/h11-13H,3-10H2,1-2H3/t11-,12+/m1/s1. The van der Waals surface area contributed by atoms with Crippen LogP contribution in [0.2, 0.25) is 0 Å². The number of nitrogens with one attached hydrogen (secondary N) is 1. The maximum absolute atomic E-state index is 12.7. The molecular weight excluding hydrogens is 314 g/mol. The molecule has 9 heteroatoms. The van der Waals surface area contributed by atoms with Gasteiger partial charge in [0, 0.05) is 32.2 Å². The van der Waals surface area contributed by atoms with Gasteiger partial charge in [0.2, 0.25) is 10.0 Å². The average Bonchev–Trinajstić information content (AvgIpc) is 2.37. The molecular formula is C12H25N3O4S2. The number of piperidine rings is 2. The van der Waals surface area contributed by atoms with E-state index in [2.05, 4.69) is 11.6 Å². The van der Waals surface area contributed by atoms with Gasteiger partial charge in [-0.05, 0) is 31.6 Å². The van der Waals surface area contributed by atoms with Crippen molar-refractivity contribution in [1.82, 2.24) is 13.3 Å².